The molecule has 0 saturated heterocycles. The van der Waals surface area contributed by atoms with Gasteiger partial charge < -0.3 is 5.73 Å². The van der Waals surface area contributed by atoms with Crippen LogP contribution < -0.4 is 5.73 Å². The van der Waals surface area contributed by atoms with Crippen LogP contribution in [0.3, 0.4) is 0 Å². The molecule has 14 heavy (non-hydrogen) atoms. The van der Waals surface area contributed by atoms with Gasteiger partial charge >= 0.3 is 0 Å². The van der Waals surface area contributed by atoms with Crippen LogP contribution >= 0.6 is 0 Å². The Morgan fingerprint density at radius 3 is 2.43 bits per heavy atom. The summed E-state index contributed by atoms with van der Waals surface area (Å²) >= 11 is 0. The number of hydrogen-bond donors (Lipinski definition) is 1. The van der Waals surface area contributed by atoms with Crippen molar-refractivity contribution in [2.45, 2.75) is 58.3 Å². The maximum absolute atomic E-state index is 6.05. The van der Waals surface area contributed by atoms with E-state index < -0.39 is 0 Å². The molecule has 2 fully saturated rings. The van der Waals surface area contributed by atoms with Gasteiger partial charge in [-0.1, -0.05) is 32.6 Å². The van der Waals surface area contributed by atoms with Crippen LogP contribution in [-0.4, -0.2) is 6.54 Å². The van der Waals surface area contributed by atoms with Crippen LogP contribution in [0.5, 0.6) is 0 Å². The van der Waals surface area contributed by atoms with E-state index in [9.17, 15) is 0 Å². The quantitative estimate of drug-likeness (QED) is 0.718. The zero-order chi connectivity index (χ0) is 10.0. The molecule has 2 aliphatic rings. The lowest BCUT2D eigenvalue weighted by atomic mass is 9.65. The second-order valence-corrected chi connectivity index (χ2v) is 5.74. The zero-order valence-electron chi connectivity index (χ0n) is 9.60. The van der Waals surface area contributed by atoms with Crippen LogP contribution in [-0.2, 0) is 0 Å². The first-order valence-corrected chi connectivity index (χ1v) is 6.47. The molecule has 2 saturated carbocycles. The average molecular weight is 195 g/mol. The Bertz CT molecular complexity index is 182. The maximum Gasteiger partial charge on any atom is -0.00179 e. The molecule has 0 bridgehead atoms. The molecule has 0 aliphatic heterocycles. The number of nitrogens with two attached hydrogens (primary N) is 1. The second kappa shape index (κ2) is 4.22. The van der Waals surface area contributed by atoms with Gasteiger partial charge in [-0.15, -0.1) is 0 Å². The normalized spacial score (nSPS) is 37.3. The monoisotopic (exact) mass is 195 g/mol. The first-order chi connectivity index (χ1) is 6.77. The third-order valence-corrected chi connectivity index (χ3v) is 4.81. The van der Waals surface area contributed by atoms with E-state index in [0.717, 1.165) is 18.4 Å². The highest BCUT2D eigenvalue weighted by atomic mass is 14.6. The summed E-state index contributed by atoms with van der Waals surface area (Å²) in [6.45, 7) is 3.37. The molecule has 2 unspecified atom stereocenters. The van der Waals surface area contributed by atoms with Crippen LogP contribution in [0.15, 0.2) is 0 Å². The maximum atomic E-state index is 6.05. The summed E-state index contributed by atoms with van der Waals surface area (Å²) in [7, 11) is 0. The molecule has 0 heterocycles. The Labute approximate surface area is 88.4 Å². The van der Waals surface area contributed by atoms with E-state index in [2.05, 4.69) is 6.92 Å². The van der Waals surface area contributed by atoms with Crippen molar-refractivity contribution in [3.63, 3.8) is 0 Å². The lowest BCUT2D eigenvalue weighted by Gasteiger charge is -2.41. The molecule has 0 aromatic rings. The molecule has 0 radical (unpaired) electrons. The first kappa shape index (κ1) is 10.5. The van der Waals surface area contributed by atoms with Crippen LogP contribution in [0.25, 0.3) is 0 Å². The molecule has 2 rings (SSSR count). The minimum atomic E-state index is 0.564. The smallest absolute Gasteiger partial charge is 0.00179 e. The largest absolute Gasteiger partial charge is 0.330 e. The SMILES string of the molecule is CC1CCCC(C2(CN)CCCC2)C1. The molecule has 2 aliphatic carbocycles. The summed E-state index contributed by atoms with van der Waals surface area (Å²) in [6, 6.07) is 0. The van der Waals surface area contributed by atoms with Crippen molar-refractivity contribution < 1.29 is 0 Å². The molecule has 82 valence electrons. The van der Waals surface area contributed by atoms with Crippen molar-refractivity contribution in [3.05, 3.63) is 0 Å². The van der Waals surface area contributed by atoms with E-state index in [1.807, 2.05) is 0 Å². The highest BCUT2D eigenvalue weighted by Gasteiger charge is 2.41. The van der Waals surface area contributed by atoms with Crippen molar-refractivity contribution >= 4 is 0 Å². The fourth-order valence-electron chi connectivity index (χ4n) is 3.85. The summed E-state index contributed by atoms with van der Waals surface area (Å²) < 4.78 is 0. The third kappa shape index (κ3) is 1.84. The predicted octanol–water partition coefficient (Wildman–Crippen LogP) is 3.33. The first-order valence-electron chi connectivity index (χ1n) is 6.47. The average Bonchev–Trinajstić information content (AvgIpc) is 2.67. The number of hydrogen-bond acceptors (Lipinski definition) is 1. The lowest BCUT2D eigenvalue weighted by Crippen LogP contribution is -2.37. The highest BCUT2D eigenvalue weighted by Crippen LogP contribution is 2.49. The van der Waals surface area contributed by atoms with Gasteiger partial charge in [0.25, 0.3) is 0 Å². The summed E-state index contributed by atoms with van der Waals surface area (Å²) in [5, 5.41) is 0. The molecule has 2 atom stereocenters. The lowest BCUT2D eigenvalue weighted by molar-refractivity contribution is 0.108. The van der Waals surface area contributed by atoms with Gasteiger partial charge in [0.1, 0.15) is 0 Å². The molecular formula is C13H25N. The summed E-state index contributed by atoms with van der Waals surface area (Å²) in [6.07, 6.45) is 11.5. The Morgan fingerprint density at radius 1 is 1.14 bits per heavy atom. The fraction of sp³-hybridized carbons (Fsp3) is 1.00. The van der Waals surface area contributed by atoms with Gasteiger partial charge in [0, 0.05) is 0 Å². The van der Waals surface area contributed by atoms with Crippen LogP contribution in [0.1, 0.15) is 58.3 Å². The predicted molar refractivity (Wildman–Crippen MR) is 61.1 cm³/mol. The van der Waals surface area contributed by atoms with E-state index in [4.69, 9.17) is 5.73 Å². The van der Waals surface area contributed by atoms with E-state index in [0.29, 0.717) is 5.41 Å². The molecular weight excluding hydrogens is 170 g/mol. The van der Waals surface area contributed by atoms with E-state index >= 15 is 0 Å². The molecule has 0 amide bonds. The highest BCUT2D eigenvalue weighted by molar-refractivity contribution is 4.93. The Balaban J connectivity index is 2.03. The van der Waals surface area contributed by atoms with Gasteiger partial charge in [-0.25, -0.2) is 0 Å². The Morgan fingerprint density at radius 2 is 1.86 bits per heavy atom. The zero-order valence-corrected chi connectivity index (χ0v) is 9.60. The third-order valence-electron chi connectivity index (χ3n) is 4.81. The minimum Gasteiger partial charge on any atom is -0.330 e. The molecule has 0 aromatic carbocycles. The van der Waals surface area contributed by atoms with Gasteiger partial charge in [-0.3, -0.25) is 0 Å². The topological polar surface area (TPSA) is 26.0 Å². The second-order valence-electron chi connectivity index (χ2n) is 5.74. The van der Waals surface area contributed by atoms with Crippen LogP contribution in [0.4, 0.5) is 0 Å². The van der Waals surface area contributed by atoms with Gasteiger partial charge in [-0.2, -0.15) is 0 Å². The number of rotatable bonds is 2. The van der Waals surface area contributed by atoms with Crippen molar-refractivity contribution in [1.29, 1.82) is 0 Å². The van der Waals surface area contributed by atoms with E-state index in [1.165, 1.54) is 51.4 Å². The molecule has 1 heteroatoms. The van der Waals surface area contributed by atoms with Crippen molar-refractivity contribution in [2.24, 2.45) is 23.0 Å². The molecule has 0 aromatic heterocycles. The molecule has 1 nitrogen and oxygen atoms in total. The fourth-order valence-corrected chi connectivity index (χ4v) is 3.85. The standard InChI is InChI=1S/C13H25N/c1-11-5-4-6-12(9-11)13(10-14)7-2-3-8-13/h11-12H,2-10,14H2,1H3. The van der Waals surface area contributed by atoms with Crippen LogP contribution in [0, 0.1) is 17.3 Å². The van der Waals surface area contributed by atoms with Crippen molar-refractivity contribution in [1.82, 2.24) is 0 Å². The summed E-state index contributed by atoms with van der Waals surface area (Å²) in [5.41, 5.74) is 6.61. The van der Waals surface area contributed by atoms with Crippen molar-refractivity contribution in [2.75, 3.05) is 6.54 Å². The Hall–Kier alpha value is -0.0400. The summed E-state index contributed by atoms with van der Waals surface area (Å²) in [5.74, 6) is 1.91. The van der Waals surface area contributed by atoms with Gasteiger partial charge in [0.2, 0.25) is 0 Å². The van der Waals surface area contributed by atoms with E-state index in [-0.39, 0.29) is 0 Å². The summed E-state index contributed by atoms with van der Waals surface area (Å²) in [4.78, 5) is 0. The van der Waals surface area contributed by atoms with Crippen LogP contribution in [0.2, 0.25) is 0 Å². The Kier molecular flexibility index (Phi) is 3.16. The van der Waals surface area contributed by atoms with E-state index in [1.54, 1.807) is 0 Å². The van der Waals surface area contributed by atoms with Crippen molar-refractivity contribution in [3.8, 4) is 0 Å². The molecule has 2 N–H and O–H groups in total. The van der Waals surface area contributed by atoms with Gasteiger partial charge in [0.05, 0.1) is 0 Å². The van der Waals surface area contributed by atoms with Gasteiger partial charge in [-0.05, 0) is 49.5 Å². The van der Waals surface area contributed by atoms with Gasteiger partial charge in [0.15, 0.2) is 0 Å². The molecule has 0 spiro atoms. The minimum absolute atomic E-state index is 0.564.